The van der Waals surface area contributed by atoms with Gasteiger partial charge in [-0.2, -0.15) is 5.10 Å². The summed E-state index contributed by atoms with van der Waals surface area (Å²) in [5.74, 6) is -0.715. The molecule has 0 unspecified atom stereocenters. The van der Waals surface area contributed by atoms with Gasteiger partial charge in [0.05, 0.1) is 24.5 Å². The Balaban J connectivity index is 1.45. The molecule has 0 aliphatic heterocycles. The van der Waals surface area contributed by atoms with Gasteiger partial charge in [-0.15, -0.1) is 0 Å². The summed E-state index contributed by atoms with van der Waals surface area (Å²) >= 11 is 5.85. The maximum Gasteiger partial charge on any atom is 0.343 e. The summed E-state index contributed by atoms with van der Waals surface area (Å²) in [6.07, 6.45) is 1.41. The molecule has 1 amide bonds. The van der Waals surface area contributed by atoms with E-state index in [0.29, 0.717) is 21.9 Å². The van der Waals surface area contributed by atoms with Gasteiger partial charge < -0.3 is 14.6 Å². The van der Waals surface area contributed by atoms with E-state index in [0.717, 1.165) is 10.8 Å². The number of rotatable bonds is 6. The first-order valence-corrected chi connectivity index (χ1v) is 10.5. The highest BCUT2D eigenvalue weighted by molar-refractivity contribution is 6.30. The summed E-state index contributed by atoms with van der Waals surface area (Å²) in [5.41, 5.74) is 3.44. The number of halogens is 1. The van der Waals surface area contributed by atoms with E-state index in [9.17, 15) is 14.7 Å². The highest BCUT2D eigenvalue weighted by Crippen LogP contribution is 2.29. The second-order valence-corrected chi connectivity index (χ2v) is 7.66. The van der Waals surface area contributed by atoms with Gasteiger partial charge in [0, 0.05) is 5.02 Å². The number of nitrogens with zero attached hydrogens (tertiary/aromatic N) is 1. The third kappa shape index (κ3) is 5.16. The van der Waals surface area contributed by atoms with Gasteiger partial charge in [0.25, 0.3) is 5.91 Å². The first kappa shape index (κ1) is 22.8. The van der Waals surface area contributed by atoms with Gasteiger partial charge in [0.15, 0.2) is 11.5 Å². The minimum atomic E-state index is -0.557. The number of ether oxygens (including phenoxy) is 2. The normalized spacial score (nSPS) is 10.9. The molecule has 7 nitrogen and oxygen atoms in total. The van der Waals surface area contributed by atoms with Gasteiger partial charge in [-0.3, -0.25) is 4.79 Å². The van der Waals surface area contributed by atoms with E-state index in [2.05, 4.69) is 10.5 Å². The van der Waals surface area contributed by atoms with Crippen molar-refractivity contribution in [3.05, 3.63) is 101 Å². The summed E-state index contributed by atoms with van der Waals surface area (Å²) in [6.45, 7) is 0. The second-order valence-electron chi connectivity index (χ2n) is 7.22. The molecule has 0 radical (unpaired) electrons. The van der Waals surface area contributed by atoms with Crippen molar-refractivity contribution in [2.24, 2.45) is 5.10 Å². The lowest BCUT2D eigenvalue weighted by molar-refractivity contribution is 0.0729. The van der Waals surface area contributed by atoms with Crippen LogP contribution in [-0.4, -0.2) is 30.3 Å². The van der Waals surface area contributed by atoms with E-state index in [4.69, 9.17) is 21.1 Å². The Morgan fingerprint density at radius 1 is 0.941 bits per heavy atom. The smallest absolute Gasteiger partial charge is 0.343 e. The van der Waals surface area contributed by atoms with Crippen LogP contribution in [0.15, 0.2) is 84.0 Å². The molecule has 0 spiro atoms. The van der Waals surface area contributed by atoms with Gasteiger partial charge in [-0.25, -0.2) is 10.2 Å². The van der Waals surface area contributed by atoms with Crippen molar-refractivity contribution in [1.29, 1.82) is 0 Å². The van der Waals surface area contributed by atoms with Crippen LogP contribution in [0.4, 0.5) is 0 Å². The van der Waals surface area contributed by atoms with Crippen LogP contribution in [-0.2, 0) is 0 Å². The zero-order chi connectivity index (χ0) is 24.1. The molecular formula is C26H19ClN2O5. The van der Waals surface area contributed by atoms with Crippen molar-refractivity contribution < 1.29 is 24.2 Å². The van der Waals surface area contributed by atoms with Gasteiger partial charge in [0.1, 0.15) is 5.75 Å². The number of esters is 1. The largest absolute Gasteiger partial charge is 0.507 e. The Morgan fingerprint density at radius 3 is 2.35 bits per heavy atom. The average Bonchev–Trinajstić information content (AvgIpc) is 2.84. The lowest BCUT2D eigenvalue weighted by atomic mass is 10.1. The Hall–Kier alpha value is -4.36. The molecule has 170 valence electrons. The minimum Gasteiger partial charge on any atom is -0.507 e. The lowest BCUT2D eigenvalue weighted by Crippen LogP contribution is -2.17. The van der Waals surface area contributed by atoms with Crippen LogP contribution in [0.1, 0.15) is 26.3 Å². The zero-order valence-corrected chi connectivity index (χ0v) is 18.7. The number of phenols is 1. The average molecular weight is 475 g/mol. The van der Waals surface area contributed by atoms with Crippen LogP contribution in [0.3, 0.4) is 0 Å². The van der Waals surface area contributed by atoms with Gasteiger partial charge in [0.2, 0.25) is 0 Å². The third-order valence-electron chi connectivity index (χ3n) is 4.96. The summed E-state index contributed by atoms with van der Waals surface area (Å²) in [6, 6.07) is 21.7. The number of nitrogens with one attached hydrogen (secondary N) is 1. The van der Waals surface area contributed by atoms with Crippen LogP contribution in [0.25, 0.3) is 10.8 Å². The molecule has 2 N–H and O–H groups in total. The summed E-state index contributed by atoms with van der Waals surface area (Å²) < 4.78 is 10.7. The number of phenolic OH excluding ortho intramolecular Hbond substituents is 1. The fraction of sp³-hybridized carbons (Fsp3) is 0.0385. The molecule has 4 rings (SSSR count). The molecular weight excluding hydrogens is 456 g/mol. The molecule has 0 atom stereocenters. The Kier molecular flexibility index (Phi) is 6.75. The Bertz CT molecular complexity index is 1400. The number of benzene rings is 4. The zero-order valence-electron chi connectivity index (χ0n) is 18.0. The number of amides is 1. The molecule has 4 aromatic carbocycles. The first-order valence-electron chi connectivity index (χ1n) is 10.2. The number of aromatic hydroxyl groups is 1. The fourth-order valence-electron chi connectivity index (χ4n) is 3.23. The number of carbonyl (C=O) groups excluding carboxylic acids is 2. The van der Waals surface area contributed by atoms with Crippen molar-refractivity contribution in [1.82, 2.24) is 5.43 Å². The second kappa shape index (κ2) is 10.1. The Morgan fingerprint density at radius 2 is 1.65 bits per heavy atom. The van der Waals surface area contributed by atoms with Crippen molar-refractivity contribution in [3.63, 3.8) is 0 Å². The lowest BCUT2D eigenvalue weighted by Gasteiger charge is -2.10. The topological polar surface area (TPSA) is 97.2 Å². The molecule has 4 aromatic rings. The van der Waals surface area contributed by atoms with E-state index < -0.39 is 11.9 Å². The monoisotopic (exact) mass is 474 g/mol. The highest BCUT2D eigenvalue weighted by Gasteiger charge is 2.14. The molecule has 8 heteroatoms. The predicted molar refractivity (Wildman–Crippen MR) is 130 cm³/mol. The van der Waals surface area contributed by atoms with E-state index in [1.165, 1.54) is 19.4 Å². The van der Waals surface area contributed by atoms with Gasteiger partial charge in [-0.05, 0) is 70.9 Å². The Labute approximate surface area is 200 Å². The maximum absolute atomic E-state index is 12.5. The summed E-state index contributed by atoms with van der Waals surface area (Å²) in [4.78, 5) is 24.8. The quantitative estimate of drug-likeness (QED) is 0.173. The van der Waals surface area contributed by atoms with Gasteiger partial charge in [-0.1, -0.05) is 35.9 Å². The molecule has 34 heavy (non-hydrogen) atoms. The number of hydrazone groups is 1. The van der Waals surface area contributed by atoms with Crippen LogP contribution in [0, 0.1) is 0 Å². The number of methoxy groups -OCH3 is 1. The van der Waals surface area contributed by atoms with Crippen molar-refractivity contribution in [3.8, 4) is 17.2 Å². The van der Waals surface area contributed by atoms with Crippen molar-refractivity contribution in [2.75, 3.05) is 7.11 Å². The minimum absolute atomic E-state index is 0.109. The standard InChI is InChI=1S/C26H19ClN2O5/c1-33-24-12-16(6-11-23(24)34-26(32)17-7-9-20(27)10-8-17)15-28-29-25(31)21-13-18-4-2-3-5-19(18)14-22(21)30/h2-15,30H,1H3,(H,29,31)/b28-15+. The van der Waals surface area contributed by atoms with E-state index >= 15 is 0 Å². The number of hydrogen-bond acceptors (Lipinski definition) is 6. The number of fused-ring (bicyclic) bond motifs is 1. The molecule has 0 aliphatic rings. The summed E-state index contributed by atoms with van der Waals surface area (Å²) in [5, 5.41) is 16.3. The fourth-order valence-corrected chi connectivity index (χ4v) is 3.36. The number of carbonyl (C=O) groups is 2. The predicted octanol–water partition coefficient (Wildman–Crippen LogP) is 5.19. The number of hydrogen-bond donors (Lipinski definition) is 2. The molecule has 0 fully saturated rings. The van der Waals surface area contributed by atoms with Crippen LogP contribution < -0.4 is 14.9 Å². The SMILES string of the molecule is COc1cc(/C=N/NC(=O)c2cc3ccccc3cc2O)ccc1OC(=O)c1ccc(Cl)cc1. The molecule has 0 aromatic heterocycles. The molecule has 0 bridgehead atoms. The van der Waals surface area contributed by atoms with E-state index in [1.54, 1.807) is 48.5 Å². The van der Waals surface area contributed by atoms with E-state index in [-0.39, 0.29) is 17.1 Å². The summed E-state index contributed by atoms with van der Waals surface area (Å²) in [7, 11) is 1.44. The van der Waals surface area contributed by atoms with Crippen molar-refractivity contribution >= 4 is 40.5 Å². The maximum atomic E-state index is 12.5. The first-order chi connectivity index (χ1) is 16.4. The highest BCUT2D eigenvalue weighted by atomic mass is 35.5. The van der Waals surface area contributed by atoms with Gasteiger partial charge >= 0.3 is 5.97 Å². The van der Waals surface area contributed by atoms with Crippen molar-refractivity contribution in [2.45, 2.75) is 0 Å². The van der Waals surface area contributed by atoms with Crippen LogP contribution >= 0.6 is 11.6 Å². The van der Waals surface area contributed by atoms with Crippen LogP contribution in [0.5, 0.6) is 17.2 Å². The molecule has 0 aliphatic carbocycles. The van der Waals surface area contributed by atoms with Crippen LogP contribution in [0.2, 0.25) is 5.02 Å². The molecule has 0 heterocycles. The molecule has 0 saturated heterocycles. The molecule has 0 saturated carbocycles. The third-order valence-corrected chi connectivity index (χ3v) is 5.21. The van der Waals surface area contributed by atoms with E-state index in [1.807, 2.05) is 24.3 Å².